The SMILES string of the molecule is NC1CC(CC2CCCC2)N(C2CC2)C1. The number of likely N-dealkylation sites (tertiary alicyclic amines) is 1. The van der Waals surface area contributed by atoms with E-state index >= 15 is 0 Å². The van der Waals surface area contributed by atoms with Gasteiger partial charge in [0.05, 0.1) is 0 Å². The fraction of sp³-hybridized carbons (Fsp3) is 1.00. The molecule has 0 bridgehead atoms. The van der Waals surface area contributed by atoms with Crippen molar-refractivity contribution in [3.05, 3.63) is 0 Å². The van der Waals surface area contributed by atoms with Gasteiger partial charge >= 0.3 is 0 Å². The summed E-state index contributed by atoms with van der Waals surface area (Å²) in [6.45, 7) is 1.18. The van der Waals surface area contributed by atoms with E-state index in [-0.39, 0.29) is 0 Å². The van der Waals surface area contributed by atoms with Crippen LogP contribution in [0.1, 0.15) is 51.4 Å². The predicted octanol–water partition coefficient (Wildman–Crippen LogP) is 2.13. The fourth-order valence-corrected chi connectivity index (χ4v) is 3.70. The lowest BCUT2D eigenvalue weighted by Crippen LogP contribution is -2.33. The second kappa shape index (κ2) is 4.06. The van der Waals surface area contributed by atoms with E-state index in [1.54, 1.807) is 0 Å². The van der Waals surface area contributed by atoms with Crippen molar-refractivity contribution in [1.82, 2.24) is 4.90 Å². The highest BCUT2D eigenvalue weighted by molar-refractivity contribution is 4.97. The van der Waals surface area contributed by atoms with Gasteiger partial charge in [0.1, 0.15) is 0 Å². The molecule has 86 valence electrons. The van der Waals surface area contributed by atoms with Crippen LogP contribution in [0, 0.1) is 5.92 Å². The van der Waals surface area contributed by atoms with Crippen molar-refractivity contribution in [2.24, 2.45) is 11.7 Å². The van der Waals surface area contributed by atoms with Crippen LogP contribution in [0.25, 0.3) is 0 Å². The van der Waals surface area contributed by atoms with E-state index in [9.17, 15) is 0 Å². The summed E-state index contributed by atoms with van der Waals surface area (Å²) in [5.41, 5.74) is 6.11. The van der Waals surface area contributed by atoms with Gasteiger partial charge in [0.15, 0.2) is 0 Å². The van der Waals surface area contributed by atoms with Gasteiger partial charge in [-0.2, -0.15) is 0 Å². The number of nitrogens with zero attached hydrogens (tertiary/aromatic N) is 1. The highest BCUT2D eigenvalue weighted by Crippen LogP contribution is 2.38. The summed E-state index contributed by atoms with van der Waals surface area (Å²) in [4.78, 5) is 2.74. The monoisotopic (exact) mass is 208 g/mol. The third-order valence-corrected chi connectivity index (χ3v) is 4.59. The van der Waals surface area contributed by atoms with E-state index in [4.69, 9.17) is 5.73 Å². The molecule has 0 amide bonds. The maximum atomic E-state index is 6.11. The number of rotatable bonds is 3. The minimum atomic E-state index is 0.469. The zero-order valence-electron chi connectivity index (χ0n) is 9.70. The fourth-order valence-electron chi connectivity index (χ4n) is 3.70. The minimum Gasteiger partial charge on any atom is -0.326 e. The predicted molar refractivity (Wildman–Crippen MR) is 62.7 cm³/mol. The Bertz CT molecular complexity index is 219. The highest BCUT2D eigenvalue weighted by Gasteiger charge is 2.40. The Labute approximate surface area is 93.2 Å². The van der Waals surface area contributed by atoms with Crippen molar-refractivity contribution in [2.75, 3.05) is 6.54 Å². The minimum absolute atomic E-state index is 0.469. The van der Waals surface area contributed by atoms with E-state index in [2.05, 4.69) is 4.90 Å². The standard InChI is InChI=1S/C13H24N2/c14-11-8-13(7-10-3-1-2-4-10)15(9-11)12-5-6-12/h10-13H,1-9,14H2. The molecular weight excluding hydrogens is 184 g/mol. The average Bonchev–Trinajstić information content (AvgIpc) is 2.81. The molecule has 2 nitrogen and oxygen atoms in total. The van der Waals surface area contributed by atoms with Crippen molar-refractivity contribution in [1.29, 1.82) is 0 Å². The average molecular weight is 208 g/mol. The van der Waals surface area contributed by atoms with Gasteiger partial charge in [0.25, 0.3) is 0 Å². The smallest absolute Gasteiger partial charge is 0.0183 e. The first kappa shape index (κ1) is 10.1. The topological polar surface area (TPSA) is 29.3 Å². The molecule has 1 saturated heterocycles. The summed E-state index contributed by atoms with van der Waals surface area (Å²) in [5, 5.41) is 0. The van der Waals surface area contributed by atoms with Gasteiger partial charge in [-0.25, -0.2) is 0 Å². The van der Waals surface area contributed by atoms with Gasteiger partial charge in [-0.1, -0.05) is 25.7 Å². The second-order valence-electron chi connectivity index (χ2n) is 5.96. The molecule has 1 heterocycles. The van der Waals surface area contributed by atoms with Gasteiger partial charge < -0.3 is 5.73 Å². The van der Waals surface area contributed by atoms with Crippen LogP contribution >= 0.6 is 0 Å². The Morgan fingerprint density at radius 3 is 2.47 bits per heavy atom. The molecule has 3 fully saturated rings. The molecule has 2 unspecified atom stereocenters. The molecule has 0 aromatic rings. The van der Waals surface area contributed by atoms with Crippen molar-refractivity contribution in [3.8, 4) is 0 Å². The molecule has 3 aliphatic rings. The molecular formula is C13H24N2. The molecule has 0 spiro atoms. The van der Waals surface area contributed by atoms with Crippen LogP contribution in [0.15, 0.2) is 0 Å². The third-order valence-electron chi connectivity index (χ3n) is 4.59. The summed E-state index contributed by atoms with van der Waals surface area (Å²) < 4.78 is 0. The lowest BCUT2D eigenvalue weighted by molar-refractivity contribution is 0.209. The van der Waals surface area contributed by atoms with Crippen LogP contribution in [0.5, 0.6) is 0 Å². The molecule has 2 atom stereocenters. The lowest BCUT2D eigenvalue weighted by Gasteiger charge is -2.26. The molecule has 2 N–H and O–H groups in total. The summed E-state index contributed by atoms with van der Waals surface area (Å²) in [6.07, 6.45) is 11.5. The Hall–Kier alpha value is -0.0800. The Morgan fingerprint density at radius 2 is 1.80 bits per heavy atom. The normalized spacial score (nSPS) is 39.0. The summed E-state index contributed by atoms with van der Waals surface area (Å²) in [6, 6.07) is 2.23. The quantitative estimate of drug-likeness (QED) is 0.770. The third kappa shape index (κ3) is 2.21. The summed E-state index contributed by atoms with van der Waals surface area (Å²) in [5.74, 6) is 1.03. The zero-order chi connectivity index (χ0) is 10.3. The van der Waals surface area contributed by atoms with Gasteiger partial charge in [-0.05, 0) is 31.6 Å². The molecule has 0 aromatic carbocycles. The summed E-state index contributed by atoms with van der Waals surface area (Å²) in [7, 11) is 0. The summed E-state index contributed by atoms with van der Waals surface area (Å²) >= 11 is 0. The molecule has 0 aromatic heterocycles. The largest absolute Gasteiger partial charge is 0.326 e. The van der Waals surface area contributed by atoms with Crippen molar-refractivity contribution >= 4 is 0 Å². The van der Waals surface area contributed by atoms with Crippen LogP contribution in [-0.2, 0) is 0 Å². The number of hydrogen-bond donors (Lipinski definition) is 1. The van der Waals surface area contributed by atoms with Gasteiger partial charge in [0, 0.05) is 24.7 Å². The van der Waals surface area contributed by atoms with E-state index < -0.39 is 0 Å². The van der Waals surface area contributed by atoms with Gasteiger partial charge in [-0.3, -0.25) is 4.90 Å². The lowest BCUT2D eigenvalue weighted by atomic mass is 9.96. The van der Waals surface area contributed by atoms with Gasteiger partial charge in [-0.15, -0.1) is 0 Å². The van der Waals surface area contributed by atoms with Crippen LogP contribution in [0.3, 0.4) is 0 Å². The van der Waals surface area contributed by atoms with E-state index in [1.807, 2.05) is 0 Å². The van der Waals surface area contributed by atoms with Crippen molar-refractivity contribution in [3.63, 3.8) is 0 Å². The Kier molecular flexibility index (Phi) is 2.73. The maximum absolute atomic E-state index is 6.11. The zero-order valence-corrected chi connectivity index (χ0v) is 9.70. The first-order valence-electron chi connectivity index (χ1n) is 6.84. The number of hydrogen-bond acceptors (Lipinski definition) is 2. The van der Waals surface area contributed by atoms with Gasteiger partial charge in [0.2, 0.25) is 0 Å². The van der Waals surface area contributed by atoms with Crippen LogP contribution in [0.4, 0.5) is 0 Å². The molecule has 2 saturated carbocycles. The van der Waals surface area contributed by atoms with E-state index in [0.29, 0.717) is 6.04 Å². The molecule has 3 rings (SSSR count). The first-order chi connectivity index (χ1) is 7.33. The highest BCUT2D eigenvalue weighted by atomic mass is 15.2. The van der Waals surface area contributed by atoms with Crippen molar-refractivity contribution in [2.45, 2.75) is 69.5 Å². The number of nitrogens with two attached hydrogens (primary N) is 1. The van der Waals surface area contributed by atoms with E-state index in [0.717, 1.165) is 18.0 Å². The Morgan fingerprint density at radius 1 is 1.07 bits per heavy atom. The second-order valence-corrected chi connectivity index (χ2v) is 5.96. The molecule has 15 heavy (non-hydrogen) atoms. The molecule has 2 aliphatic carbocycles. The van der Waals surface area contributed by atoms with Crippen LogP contribution in [0.2, 0.25) is 0 Å². The first-order valence-corrected chi connectivity index (χ1v) is 6.84. The van der Waals surface area contributed by atoms with E-state index in [1.165, 1.54) is 57.9 Å². The van der Waals surface area contributed by atoms with Crippen LogP contribution in [-0.4, -0.2) is 29.6 Å². The molecule has 2 heteroatoms. The molecule has 1 aliphatic heterocycles. The maximum Gasteiger partial charge on any atom is 0.0183 e. The van der Waals surface area contributed by atoms with Crippen LogP contribution < -0.4 is 5.73 Å². The Balaban J connectivity index is 1.57. The van der Waals surface area contributed by atoms with Crippen molar-refractivity contribution < 1.29 is 0 Å². The molecule has 0 radical (unpaired) electrons.